The fourth-order valence-corrected chi connectivity index (χ4v) is 3.31. The zero-order chi connectivity index (χ0) is 20.4. The second kappa shape index (κ2) is 7.47. The molecule has 0 unspecified atom stereocenters. The molecule has 0 fully saturated rings. The van der Waals surface area contributed by atoms with Crippen molar-refractivity contribution in [1.29, 1.82) is 0 Å². The molecule has 0 spiro atoms. The van der Waals surface area contributed by atoms with E-state index in [9.17, 15) is 4.79 Å². The number of carbonyl (C=O) groups is 1. The highest BCUT2D eigenvalue weighted by atomic mass is 32.1. The zero-order valence-electron chi connectivity index (χ0n) is 16.1. The third-order valence-electron chi connectivity index (χ3n) is 4.18. The summed E-state index contributed by atoms with van der Waals surface area (Å²) in [5.41, 5.74) is 2.90. The van der Waals surface area contributed by atoms with Crippen molar-refractivity contribution >= 4 is 22.4 Å². The van der Waals surface area contributed by atoms with E-state index in [1.54, 1.807) is 18.5 Å². The number of rotatable bonds is 4. The number of amides is 1. The maximum atomic E-state index is 12.7. The molecule has 0 saturated heterocycles. The van der Waals surface area contributed by atoms with Gasteiger partial charge in [0.2, 0.25) is 0 Å². The van der Waals surface area contributed by atoms with Gasteiger partial charge in [0.25, 0.3) is 5.91 Å². The van der Waals surface area contributed by atoms with Gasteiger partial charge < -0.3 is 0 Å². The van der Waals surface area contributed by atoms with Crippen molar-refractivity contribution in [2.75, 3.05) is 5.32 Å². The van der Waals surface area contributed by atoms with Gasteiger partial charge in [-0.1, -0.05) is 26.0 Å². The van der Waals surface area contributed by atoms with E-state index in [-0.39, 0.29) is 17.0 Å². The Balaban J connectivity index is 1.55. The maximum Gasteiger partial charge on any atom is 0.277 e. The van der Waals surface area contributed by atoms with Crippen molar-refractivity contribution in [2.24, 2.45) is 0 Å². The number of anilines is 1. The standard InChI is InChI=1S/C19H18N8OS/c1-19(2,3)12-4-7-21-13(8-12)14-10-29-18(24-14)25-17(28)15-9-23-26-27(15)16-5-6-20-11-22-16/h4-11H,1-3H3,(H,24,25,28). The minimum absolute atomic E-state index is 0.0111. The molecule has 0 saturated carbocycles. The van der Waals surface area contributed by atoms with Crippen LogP contribution >= 0.6 is 11.3 Å². The number of nitrogens with zero attached hydrogens (tertiary/aromatic N) is 7. The largest absolute Gasteiger partial charge is 0.296 e. The van der Waals surface area contributed by atoms with Gasteiger partial charge in [0, 0.05) is 23.8 Å². The molecule has 0 atom stereocenters. The van der Waals surface area contributed by atoms with Crippen LogP contribution in [0, 0.1) is 0 Å². The van der Waals surface area contributed by atoms with Gasteiger partial charge in [-0.15, -0.1) is 16.4 Å². The Labute approximate surface area is 170 Å². The third-order valence-corrected chi connectivity index (χ3v) is 4.94. The Hall–Kier alpha value is -3.53. The highest BCUT2D eigenvalue weighted by Gasteiger charge is 2.18. The van der Waals surface area contributed by atoms with E-state index in [1.165, 1.54) is 34.1 Å². The summed E-state index contributed by atoms with van der Waals surface area (Å²) in [5, 5.41) is 12.8. The lowest BCUT2D eigenvalue weighted by Gasteiger charge is -2.18. The normalized spacial score (nSPS) is 11.4. The van der Waals surface area contributed by atoms with Gasteiger partial charge in [0.15, 0.2) is 16.6 Å². The average Bonchev–Trinajstić information content (AvgIpc) is 3.38. The quantitative estimate of drug-likeness (QED) is 0.554. The van der Waals surface area contributed by atoms with Gasteiger partial charge in [-0.25, -0.2) is 15.0 Å². The Morgan fingerprint density at radius 3 is 2.76 bits per heavy atom. The van der Waals surface area contributed by atoms with Crippen molar-refractivity contribution in [3.8, 4) is 17.2 Å². The molecule has 146 valence electrons. The molecule has 0 aliphatic carbocycles. The second-order valence-electron chi connectivity index (χ2n) is 7.27. The van der Waals surface area contributed by atoms with Crippen LogP contribution in [-0.2, 0) is 5.41 Å². The minimum Gasteiger partial charge on any atom is -0.296 e. The van der Waals surface area contributed by atoms with Crippen LogP contribution in [0.5, 0.6) is 0 Å². The molecule has 0 aromatic carbocycles. The Morgan fingerprint density at radius 1 is 1.14 bits per heavy atom. The van der Waals surface area contributed by atoms with Crippen LogP contribution in [0.25, 0.3) is 17.2 Å². The first-order valence-electron chi connectivity index (χ1n) is 8.83. The molecule has 0 aliphatic heterocycles. The Morgan fingerprint density at radius 2 is 2.00 bits per heavy atom. The number of carbonyl (C=O) groups excluding carboxylic acids is 1. The van der Waals surface area contributed by atoms with E-state index in [1.807, 2.05) is 17.5 Å². The van der Waals surface area contributed by atoms with Crippen LogP contribution in [0.3, 0.4) is 0 Å². The van der Waals surface area contributed by atoms with Crippen LogP contribution in [0.15, 0.2) is 48.5 Å². The third kappa shape index (κ3) is 4.02. The molecular weight excluding hydrogens is 388 g/mol. The molecule has 29 heavy (non-hydrogen) atoms. The van der Waals surface area contributed by atoms with E-state index < -0.39 is 0 Å². The molecule has 9 nitrogen and oxygen atoms in total. The first-order valence-corrected chi connectivity index (χ1v) is 9.70. The first-order chi connectivity index (χ1) is 13.9. The molecule has 0 bridgehead atoms. The van der Waals surface area contributed by atoms with Crippen LogP contribution in [-0.4, -0.2) is 40.8 Å². The maximum absolute atomic E-state index is 12.7. The highest BCUT2D eigenvalue weighted by Crippen LogP contribution is 2.28. The molecule has 1 N–H and O–H groups in total. The fraction of sp³-hybridized carbons (Fsp3) is 0.211. The number of pyridine rings is 1. The van der Waals surface area contributed by atoms with Gasteiger partial charge >= 0.3 is 0 Å². The lowest BCUT2D eigenvalue weighted by Crippen LogP contribution is -2.17. The molecular formula is C19H18N8OS. The van der Waals surface area contributed by atoms with Crippen molar-refractivity contribution in [3.63, 3.8) is 0 Å². The van der Waals surface area contributed by atoms with E-state index in [0.29, 0.717) is 16.6 Å². The summed E-state index contributed by atoms with van der Waals surface area (Å²) >= 11 is 1.33. The van der Waals surface area contributed by atoms with E-state index in [0.717, 1.165) is 5.69 Å². The smallest absolute Gasteiger partial charge is 0.277 e. The van der Waals surface area contributed by atoms with Crippen molar-refractivity contribution in [3.05, 3.63) is 59.8 Å². The predicted molar refractivity (Wildman–Crippen MR) is 109 cm³/mol. The molecule has 4 heterocycles. The minimum atomic E-state index is -0.383. The highest BCUT2D eigenvalue weighted by molar-refractivity contribution is 7.14. The topological polar surface area (TPSA) is 111 Å². The van der Waals surface area contributed by atoms with E-state index in [4.69, 9.17) is 0 Å². The summed E-state index contributed by atoms with van der Waals surface area (Å²) < 4.78 is 1.35. The fourth-order valence-electron chi connectivity index (χ4n) is 2.62. The first kappa shape index (κ1) is 18.8. The molecule has 4 aromatic heterocycles. The van der Waals surface area contributed by atoms with E-state index in [2.05, 4.69) is 56.3 Å². The predicted octanol–water partition coefficient (Wildman–Crippen LogP) is 3.13. The summed E-state index contributed by atoms with van der Waals surface area (Å²) in [4.78, 5) is 29.6. The van der Waals surface area contributed by atoms with Gasteiger partial charge in [0.05, 0.1) is 11.9 Å². The summed E-state index contributed by atoms with van der Waals surface area (Å²) in [6.45, 7) is 6.44. The Bertz CT molecular complexity index is 1150. The second-order valence-corrected chi connectivity index (χ2v) is 8.13. The summed E-state index contributed by atoms with van der Waals surface area (Å²) in [7, 11) is 0. The summed E-state index contributed by atoms with van der Waals surface area (Å²) in [5.74, 6) is 0.0663. The molecule has 10 heteroatoms. The number of hydrogen-bond acceptors (Lipinski definition) is 8. The summed E-state index contributed by atoms with van der Waals surface area (Å²) in [6.07, 6.45) is 6.10. The number of thiazole rings is 1. The number of aromatic nitrogens is 7. The van der Waals surface area contributed by atoms with Crippen LogP contribution in [0.1, 0.15) is 36.8 Å². The number of hydrogen-bond donors (Lipinski definition) is 1. The van der Waals surface area contributed by atoms with Gasteiger partial charge in [0.1, 0.15) is 12.0 Å². The SMILES string of the molecule is CC(C)(C)c1ccnc(-c2csc(NC(=O)c3cnnn3-c3ccncn3)n2)c1. The monoisotopic (exact) mass is 406 g/mol. The molecule has 0 aliphatic rings. The van der Waals surface area contributed by atoms with E-state index >= 15 is 0 Å². The van der Waals surface area contributed by atoms with Crippen LogP contribution in [0.4, 0.5) is 5.13 Å². The van der Waals surface area contributed by atoms with Crippen molar-refractivity contribution < 1.29 is 4.79 Å². The molecule has 0 radical (unpaired) electrons. The summed E-state index contributed by atoms with van der Waals surface area (Å²) in [6, 6.07) is 5.66. The van der Waals surface area contributed by atoms with Crippen LogP contribution < -0.4 is 5.32 Å². The van der Waals surface area contributed by atoms with Gasteiger partial charge in [-0.2, -0.15) is 4.68 Å². The van der Waals surface area contributed by atoms with Gasteiger partial charge in [-0.05, 0) is 23.1 Å². The lowest BCUT2D eigenvalue weighted by atomic mass is 9.87. The van der Waals surface area contributed by atoms with Gasteiger partial charge in [-0.3, -0.25) is 15.1 Å². The molecule has 4 rings (SSSR count). The molecule has 4 aromatic rings. The zero-order valence-corrected chi connectivity index (χ0v) is 16.9. The van der Waals surface area contributed by atoms with Crippen LogP contribution in [0.2, 0.25) is 0 Å². The lowest BCUT2D eigenvalue weighted by molar-refractivity contribution is 0.101. The average molecular weight is 406 g/mol. The molecule has 1 amide bonds. The Kier molecular flexibility index (Phi) is 4.85. The van der Waals surface area contributed by atoms with Crippen molar-refractivity contribution in [2.45, 2.75) is 26.2 Å². The number of nitrogens with one attached hydrogen (secondary N) is 1. The van der Waals surface area contributed by atoms with Crippen molar-refractivity contribution in [1.82, 2.24) is 34.9 Å².